The van der Waals surface area contributed by atoms with E-state index in [1.807, 2.05) is 0 Å². The Morgan fingerprint density at radius 2 is 1.87 bits per heavy atom. The molecule has 9 nitrogen and oxygen atoms in total. The van der Waals surface area contributed by atoms with E-state index in [4.69, 9.17) is 8.62 Å². The molecule has 2 unspecified atom stereocenters. The average Bonchev–Trinajstić information content (AvgIpc) is 2.38. The lowest BCUT2D eigenvalue weighted by Gasteiger charge is -2.03. The van der Waals surface area contributed by atoms with E-state index in [0.29, 0.717) is 6.20 Å². The molecular formula is C10H14FN2O7P3+2. The second-order valence-corrected chi connectivity index (χ2v) is 8.93. The molecular weight excluding hydrogens is 372 g/mol. The van der Waals surface area contributed by atoms with Crippen LogP contribution in [0.4, 0.5) is 4.39 Å². The number of hydrogen-bond donors (Lipinski definition) is 1. The van der Waals surface area contributed by atoms with Crippen molar-refractivity contribution < 1.29 is 26.7 Å². The number of aromatic amines is 1. The van der Waals surface area contributed by atoms with E-state index >= 15 is 0 Å². The number of nitrogens with zero attached hydrogens (tertiary/aromatic N) is 1. The second kappa shape index (κ2) is 8.52. The van der Waals surface area contributed by atoms with Gasteiger partial charge in [-0.15, -0.1) is 0 Å². The van der Waals surface area contributed by atoms with Crippen molar-refractivity contribution in [2.75, 3.05) is 19.5 Å². The van der Waals surface area contributed by atoms with Crippen LogP contribution >= 0.6 is 23.7 Å². The third-order valence-corrected chi connectivity index (χ3v) is 6.87. The molecule has 0 saturated heterocycles. The van der Waals surface area contributed by atoms with Gasteiger partial charge in [0.05, 0.1) is 12.4 Å². The maximum Gasteiger partial charge on any atom is 0.513 e. The molecule has 0 aliphatic rings. The van der Waals surface area contributed by atoms with Crippen LogP contribution in [0.25, 0.3) is 6.20 Å². The number of rotatable bonds is 8. The highest BCUT2D eigenvalue weighted by Crippen LogP contribution is 2.59. The van der Waals surface area contributed by atoms with Crippen molar-refractivity contribution in [3.8, 4) is 0 Å². The highest BCUT2D eigenvalue weighted by Gasteiger charge is 2.40. The molecule has 0 bridgehead atoms. The Hall–Kier alpha value is -1.30. The van der Waals surface area contributed by atoms with Gasteiger partial charge in [-0.2, -0.15) is 4.39 Å². The molecule has 0 aliphatic heterocycles. The molecule has 2 atom stereocenters. The van der Waals surface area contributed by atoms with Crippen molar-refractivity contribution in [2.24, 2.45) is 0 Å². The molecule has 0 saturated carbocycles. The van der Waals surface area contributed by atoms with E-state index in [0.717, 1.165) is 10.8 Å². The van der Waals surface area contributed by atoms with Crippen molar-refractivity contribution in [3.05, 3.63) is 38.9 Å². The highest BCUT2D eigenvalue weighted by molar-refractivity contribution is 7.66. The minimum atomic E-state index is -3.82. The minimum absolute atomic E-state index is 0.0385. The number of allylic oxidation sites excluding steroid dienone is 1. The topological polar surface area (TPSA) is 125 Å². The van der Waals surface area contributed by atoms with Crippen molar-refractivity contribution in [2.45, 2.75) is 6.42 Å². The molecule has 1 aromatic rings. The monoisotopic (exact) mass is 386 g/mol. The van der Waals surface area contributed by atoms with Gasteiger partial charge in [-0.25, -0.2) is 4.79 Å². The molecule has 1 heterocycles. The Bertz CT molecular complexity index is 780. The van der Waals surface area contributed by atoms with Crippen LogP contribution < -0.4 is 11.2 Å². The maximum absolute atomic E-state index is 13.1. The molecule has 126 valence electrons. The fourth-order valence-corrected chi connectivity index (χ4v) is 5.75. The zero-order valence-electron chi connectivity index (χ0n) is 12.2. The Labute approximate surface area is 131 Å². The molecule has 0 spiro atoms. The normalized spacial score (nSPS) is 15.4. The summed E-state index contributed by atoms with van der Waals surface area (Å²) < 4.78 is 57.5. The Kier molecular flexibility index (Phi) is 7.32. The molecule has 0 fully saturated rings. The standard InChI is InChI=1S/C10H13FN2O7P3/c1-21(16)19-23(18,20-22(2)17)6-4-3-5-13-7-8(11)9(14)12-10(13)15/h3,5,7H,4,6H2,1-2H3/q+1/p+1/b5-3-. The average molecular weight is 386 g/mol. The number of halogens is 1. The number of aromatic nitrogens is 2. The van der Waals surface area contributed by atoms with Gasteiger partial charge < -0.3 is 0 Å². The van der Waals surface area contributed by atoms with Crippen LogP contribution in [0.15, 0.2) is 21.9 Å². The molecule has 1 rings (SSSR count). The summed E-state index contributed by atoms with van der Waals surface area (Å²) in [7, 11) is -8.28. The summed E-state index contributed by atoms with van der Waals surface area (Å²) in [6.07, 6.45) is 2.97. The van der Waals surface area contributed by atoms with Crippen molar-refractivity contribution in [1.29, 1.82) is 0 Å². The Morgan fingerprint density at radius 1 is 1.30 bits per heavy atom. The summed E-state index contributed by atoms with van der Waals surface area (Å²) in [6.45, 7) is 2.35. The van der Waals surface area contributed by atoms with Crippen LogP contribution in [0.1, 0.15) is 6.42 Å². The van der Waals surface area contributed by atoms with Crippen molar-refractivity contribution in [1.82, 2.24) is 9.55 Å². The van der Waals surface area contributed by atoms with Crippen LogP contribution in [-0.4, -0.2) is 29.0 Å². The summed E-state index contributed by atoms with van der Waals surface area (Å²) in [6, 6.07) is 0. The van der Waals surface area contributed by atoms with E-state index in [9.17, 15) is 27.7 Å². The summed E-state index contributed by atoms with van der Waals surface area (Å²) >= 11 is 0. The quantitative estimate of drug-likeness (QED) is 0.681. The smallest absolute Gasteiger partial charge is 0.274 e. The first-order chi connectivity index (χ1) is 10.6. The van der Waals surface area contributed by atoms with E-state index in [-0.39, 0.29) is 12.6 Å². The Morgan fingerprint density at radius 3 is 2.39 bits per heavy atom. The largest absolute Gasteiger partial charge is 0.513 e. The third kappa shape index (κ3) is 6.77. The molecule has 23 heavy (non-hydrogen) atoms. The van der Waals surface area contributed by atoms with E-state index in [1.54, 1.807) is 4.98 Å². The summed E-state index contributed by atoms with van der Waals surface area (Å²) in [5.41, 5.74) is -1.99. The lowest BCUT2D eigenvalue weighted by Crippen LogP contribution is -2.28. The highest BCUT2D eigenvalue weighted by atomic mass is 31.3. The lowest BCUT2D eigenvalue weighted by atomic mass is 10.4. The van der Waals surface area contributed by atoms with Gasteiger partial charge in [0.1, 0.15) is 0 Å². The zero-order chi connectivity index (χ0) is 17.6. The third-order valence-electron chi connectivity index (χ3n) is 2.24. The van der Waals surface area contributed by atoms with Gasteiger partial charge in [-0.3, -0.25) is 18.9 Å². The van der Waals surface area contributed by atoms with E-state index in [1.165, 1.54) is 19.4 Å². The fraction of sp³-hybridized carbons (Fsp3) is 0.400. The van der Waals surface area contributed by atoms with Crippen molar-refractivity contribution in [3.63, 3.8) is 0 Å². The van der Waals surface area contributed by atoms with Gasteiger partial charge >= 0.3 is 29.3 Å². The molecule has 0 amide bonds. The fourth-order valence-electron chi connectivity index (χ4n) is 1.44. The molecule has 13 heteroatoms. The summed E-state index contributed by atoms with van der Waals surface area (Å²) in [5.74, 6) is -1.14. The number of nitrogens with one attached hydrogen (secondary N) is 1. The summed E-state index contributed by atoms with van der Waals surface area (Å²) in [4.78, 5) is 24.0. The minimum Gasteiger partial charge on any atom is -0.274 e. The van der Waals surface area contributed by atoms with Gasteiger partial charge in [0, 0.05) is 6.20 Å². The molecule has 0 aromatic carbocycles. The first-order valence-electron chi connectivity index (χ1n) is 6.11. The van der Waals surface area contributed by atoms with E-state index in [2.05, 4.69) is 0 Å². The summed E-state index contributed by atoms with van der Waals surface area (Å²) in [5, 5.41) is 0. The number of H-pyrrole nitrogens is 1. The van der Waals surface area contributed by atoms with Gasteiger partial charge in [0.15, 0.2) is 13.3 Å². The van der Waals surface area contributed by atoms with Gasteiger partial charge in [-0.1, -0.05) is 14.7 Å². The van der Waals surface area contributed by atoms with Gasteiger partial charge in [0.2, 0.25) is 5.82 Å². The van der Waals surface area contributed by atoms with E-state index < -0.39 is 40.7 Å². The maximum atomic E-state index is 13.1. The van der Waals surface area contributed by atoms with Crippen LogP contribution in [0.3, 0.4) is 0 Å². The van der Waals surface area contributed by atoms with Crippen LogP contribution in [-0.2, 0) is 22.3 Å². The van der Waals surface area contributed by atoms with Crippen molar-refractivity contribution >= 4 is 29.9 Å². The van der Waals surface area contributed by atoms with Gasteiger partial charge in [0.25, 0.3) is 5.56 Å². The van der Waals surface area contributed by atoms with Gasteiger partial charge in [-0.05, 0) is 15.6 Å². The lowest BCUT2D eigenvalue weighted by molar-refractivity contribution is 0.394. The van der Waals surface area contributed by atoms with Crippen LogP contribution in [0, 0.1) is 5.82 Å². The molecule has 0 aliphatic carbocycles. The van der Waals surface area contributed by atoms with Crippen LogP contribution in [0.5, 0.6) is 0 Å². The molecule has 0 radical (unpaired) electrons. The van der Waals surface area contributed by atoms with Crippen LogP contribution in [0.2, 0.25) is 0 Å². The predicted octanol–water partition coefficient (Wildman–Crippen LogP) is 2.51. The Balaban J connectivity index is 2.80. The zero-order valence-corrected chi connectivity index (χ0v) is 14.9. The predicted molar refractivity (Wildman–Crippen MR) is 82.9 cm³/mol. The first-order valence-corrected chi connectivity index (χ1v) is 11.1. The molecule has 1 N–H and O–H groups in total. The SMILES string of the molecule is C[P+](=O)OP(=O)(CC/C=C\n1cc(F)c(=O)[nH]c1=O)O[P+](C)=O. The number of hydrogen-bond acceptors (Lipinski definition) is 7. The second-order valence-electron chi connectivity index (χ2n) is 4.19. The molecule has 1 aromatic heterocycles. The first kappa shape index (κ1) is 19.7.